The Morgan fingerprint density at radius 1 is 1.29 bits per heavy atom. The molecular formula is C17H25N3O3S. The van der Waals surface area contributed by atoms with Crippen LogP contribution in [0.15, 0.2) is 29.2 Å². The summed E-state index contributed by atoms with van der Waals surface area (Å²) in [6, 6.07) is 6.26. The van der Waals surface area contributed by atoms with Gasteiger partial charge in [-0.25, -0.2) is 8.42 Å². The van der Waals surface area contributed by atoms with Crippen LogP contribution in [0.2, 0.25) is 0 Å². The molecule has 2 aliphatic rings. The zero-order valence-corrected chi connectivity index (χ0v) is 14.8. The maximum absolute atomic E-state index is 12.7. The van der Waals surface area contributed by atoms with Crippen LogP contribution in [0.1, 0.15) is 30.1 Å². The van der Waals surface area contributed by atoms with E-state index in [2.05, 4.69) is 17.6 Å². The second-order valence-electron chi connectivity index (χ2n) is 6.87. The predicted molar refractivity (Wildman–Crippen MR) is 92.3 cm³/mol. The van der Waals surface area contributed by atoms with Gasteiger partial charge in [-0.1, -0.05) is 6.92 Å². The largest absolute Gasteiger partial charge is 0.352 e. The Labute approximate surface area is 143 Å². The minimum absolute atomic E-state index is 0.155. The van der Waals surface area contributed by atoms with E-state index in [1.54, 1.807) is 16.4 Å². The predicted octanol–water partition coefficient (Wildman–Crippen LogP) is 1.06. The number of sulfonamides is 1. The third-order valence-corrected chi connectivity index (χ3v) is 6.67. The molecule has 24 heavy (non-hydrogen) atoms. The van der Waals surface area contributed by atoms with Crippen molar-refractivity contribution in [2.75, 3.05) is 32.7 Å². The molecule has 0 radical (unpaired) electrons. The van der Waals surface area contributed by atoms with Crippen molar-refractivity contribution in [2.24, 2.45) is 11.8 Å². The Bertz CT molecular complexity index is 684. The van der Waals surface area contributed by atoms with E-state index in [9.17, 15) is 13.2 Å². The highest BCUT2D eigenvalue weighted by atomic mass is 32.2. The van der Waals surface area contributed by atoms with Crippen LogP contribution in [-0.4, -0.2) is 51.4 Å². The van der Waals surface area contributed by atoms with Gasteiger partial charge in [0.1, 0.15) is 0 Å². The molecule has 2 N–H and O–H groups in total. The Hall–Kier alpha value is -1.44. The lowest BCUT2D eigenvalue weighted by Gasteiger charge is -2.30. The molecule has 2 heterocycles. The lowest BCUT2D eigenvalue weighted by molar-refractivity contribution is 0.0942. The van der Waals surface area contributed by atoms with Crippen molar-refractivity contribution in [2.45, 2.75) is 24.7 Å². The summed E-state index contributed by atoms with van der Waals surface area (Å²) in [7, 11) is -3.46. The normalized spacial score (nSPS) is 22.8. The minimum Gasteiger partial charge on any atom is -0.352 e. The number of carbonyl (C=O) groups excluding carboxylic acids is 1. The molecule has 0 spiro atoms. The van der Waals surface area contributed by atoms with Crippen LogP contribution >= 0.6 is 0 Å². The van der Waals surface area contributed by atoms with Crippen molar-refractivity contribution in [3.8, 4) is 0 Å². The fourth-order valence-corrected chi connectivity index (χ4v) is 4.72. The topological polar surface area (TPSA) is 78.5 Å². The third-order valence-electron chi connectivity index (χ3n) is 4.79. The van der Waals surface area contributed by atoms with E-state index in [1.165, 1.54) is 12.1 Å². The summed E-state index contributed by atoms with van der Waals surface area (Å²) in [5.41, 5.74) is 0.494. The lowest BCUT2D eigenvalue weighted by Crippen LogP contribution is -2.48. The molecule has 1 atom stereocenters. The Morgan fingerprint density at radius 3 is 2.58 bits per heavy atom. The highest BCUT2D eigenvalue weighted by Crippen LogP contribution is 2.23. The molecule has 3 rings (SSSR count). The Kier molecular flexibility index (Phi) is 5.22. The summed E-state index contributed by atoms with van der Waals surface area (Å²) in [6.07, 6.45) is 1.97. The molecule has 1 aromatic rings. The van der Waals surface area contributed by atoms with Crippen molar-refractivity contribution >= 4 is 15.9 Å². The van der Waals surface area contributed by atoms with Gasteiger partial charge in [0.2, 0.25) is 10.0 Å². The van der Waals surface area contributed by atoms with Crippen molar-refractivity contribution in [1.82, 2.24) is 14.9 Å². The maximum Gasteiger partial charge on any atom is 0.251 e. The van der Waals surface area contributed by atoms with Gasteiger partial charge in [-0.15, -0.1) is 0 Å². The smallest absolute Gasteiger partial charge is 0.251 e. The van der Waals surface area contributed by atoms with Gasteiger partial charge in [0, 0.05) is 44.2 Å². The fraction of sp³-hybridized carbons (Fsp3) is 0.588. The summed E-state index contributed by atoms with van der Waals surface area (Å²) >= 11 is 0. The third kappa shape index (κ3) is 3.79. The van der Waals surface area contributed by atoms with E-state index in [4.69, 9.17) is 0 Å². The molecule has 7 heteroatoms. The first-order chi connectivity index (χ1) is 11.5. The van der Waals surface area contributed by atoms with E-state index in [1.807, 2.05) is 0 Å². The summed E-state index contributed by atoms with van der Waals surface area (Å²) in [5, 5.41) is 6.05. The molecule has 1 amide bonds. The molecule has 0 saturated carbocycles. The quantitative estimate of drug-likeness (QED) is 0.831. The van der Waals surface area contributed by atoms with Crippen LogP contribution in [0.25, 0.3) is 0 Å². The average molecular weight is 351 g/mol. The van der Waals surface area contributed by atoms with Crippen LogP contribution in [-0.2, 0) is 10.0 Å². The minimum atomic E-state index is -3.46. The van der Waals surface area contributed by atoms with Crippen LogP contribution in [0.4, 0.5) is 0 Å². The van der Waals surface area contributed by atoms with Gasteiger partial charge in [-0.05, 0) is 43.0 Å². The zero-order valence-electron chi connectivity index (χ0n) is 14.0. The maximum atomic E-state index is 12.7. The molecule has 2 saturated heterocycles. The van der Waals surface area contributed by atoms with Crippen LogP contribution in [0.5, 0.6) is 0 Å². The summed E-state index contributed by atoms with van der Waals surface area (Å²) < 4.78 is 26.9. The molecule has 2 fully saturated rings. The van der Waals surface area contributed by atoms with E-state index in [0.717, 1.165) is 25.9 Å². The number of carbonyl (C=O) groups is 1. The standard InChI is InChI=1S/C17H25N3O3S/c1-13-3-2-8-20(12-13)24(22,23)16-6-4-15(5-7-16)17(21)19-11-14-9-18-10-14/h4-7,13-14,18H,2-3,8-12H2,1H3,(H,19,21). The SMILES string of the molecule is CC1CCCN(S(=O)(=O)c2ccc(C(=O)NCC3CNC3)cc2)C1. The van der Waals surface area contributed by atoms with Crippen LogP contribution in [0, 0.1) is 11.8 Å². The van der Waals surface area contributed by atoms with E-state index >= 15 is 0 Å². The van der Waals surface area contributed by atoms with Gasteiger partial charge in [0.05, 0.1) is 4.90 Å². The number of rotatable bonds is 5. The van der Waals surface area contributed by atoms with Crippen molar-refractivity contribution < 1.29 is 13.2 Å². The Balaban J connectivity index is 1.65. The van der Waals surface area contributed by atoms with Crippen molar-refractivity contribution in [1.29, 1.82) is 0 Å². The molecule has 1 unspecified atom stereocenters. The fourth-order valence-electron chi connectivity index (χ4n) is 3.12. The van der Waals surface area contributed by atoms with Gasteiger partial charge in [0.15, 0.2) is 0 Å². The van der Waals surface area contributed by atoms with Gasteiger partial charge in [0.25, 0.3) is 5.91 Å². The molecular weight excluding hydrogens is 326 g/mol. The molecule has 0 bridgehead atoms. The van der Waals surface area contributed by atoms with E-state index in [-0.39, 0.29) is 10.8 Å². The first kappa shape index (κ1) is 17.4. The highest BCUT2D eigenvalue weighted by molar-refractivity contribution is 7.89. The zero-order chi connectivity index (χ0) is 17.2. The van der Waals surface area contributed by atoms with Gasteiger partial charge < -0.3 is 10.6 Å². The molecule has 0 aromatic heterocycles. The molecule has 2 aliphatic heterocycles. The number of benzene rings is 1. The van der Waals surface area contributed by atoms with Crippen molar-refractivity contribution in [3.63, 3.8) is 0 Å². The number of nitrogens with zero attached hydrogens (tertiary/aromatic N) is 1. The first-order valence-corrected chi connectivity index (χ1v) is 10.00. The number of hydrogen-bond acceptors (Lipinski definition) is 4. The van der Waals surface area contributed by atoms with E-state index < -0.39 is 10.0 Å². The molecule has 1 aromatic carbocycles. The lowest BCUT2D eigenvalue weighted by atomic mass is 10.0. The molecule has 6 nitrogen and oxygen atoms in total. The number of amides is 1. The van der Waals surface area contributed by atoms with Crippen LogP contribution < -0.4 is 10.6 Å². The average Bonchev–Trinajstić information content (AvgIpc) is 2.53. The number of piperidine rings is 1. The molecule has 132 valence electrons. The highest BCUT2D eigenvalue weighted by Gasteiger charge is 2.28. The summed E-state index contributed by atoms with van der Waals surface area (Å²) in [6.45, 7) is 5.74. The second kappa shape index (κ2) is 7.21. The van der Waals surface area contributed by atoms with Gasteiger partial charge in [-0.2, -0.15) is 4.31 Å². The second-order valence-corrected chi connectivity index (χ2v) is 8.81. The first-order valence-electron chi connectivity index (χ1n) is 8.56. The van der Waals surface area contributed by atoms with E-state index in [0.29, 0.717) is 37.0 Å². The summed E-state index contributed by atoms with van der Waals surface area (Å²) in [4.78, 5) is 12.4. The summed E-state index contributed by atoms with van der Waals surface area (Å²) in [5.74, 6) is 0.728. The van der Waals surface area contributed by atoms with Gasteiger partial charge in [-0.3, -0.25) is 4.79 Å². The van der Waals surface area contributed by atoms with Crippen LogP contribution in [0.3, 0.4) is 0 Å². The number of hydrogen-bond donors (Lipinski definition) is 2. The van der Waals surface area contributed by atoms with Gasteiger partial charge >= 0.3 is 0 Å². The molecule has 0 aliphatic carbocycles. The Morgan fingerprint density at radius 2 is 2.00 bits per heavy atom. The van der Waals surface area contributed by atoms with Crippen molar-refractivity contribution in [3.05, 3.63) is 29.8 Å². The monoisotopic (exact) mass is 351 g/mol. The number of nitrogens with one attached hydrogen (secondary N) is 2.